The lowest BCUT2D eigenvalue weighted by atomic mass is 10.1. The maximum Gasteiger partial charge on any atom is 0.0928 e. The SMILES string of the molecule is CC(OCCC(=N)N)c1ccccc1. The number of hydrogen-bond donors (Lipinski definition) is 2. The highest BCUT2D eigenvalue weighted by molar-refractivity contribution is 5.76. The highest BCUT2D eigenvalue weighted by atomic mass is 16.5. The lowest BCUT2D eigenvalue weighted by Gasteiger charge is -2.12. The van der Waals surface area contributed by atoms with E-state index >= 15 is 0 Å². The lowest BCUT2D eigenvalue weighted by molar-refractivity contribution is 0.0710. The first-order chi connectivity index (χ1) is 6.70. The van der Waals surface area contributed by atoms with E-state index in [9.17, 15) is 0 Å². The van der Waals surface area contributed by atoms with Gasteiger partial charge in [0, 0.05) is 6.42 Å². The van der Waals surface area contributed by atoms with Crippen LogP contribution in [0.25, 0.3) is 0 Å². The van der Waals surface area contributed by atoms with E-state index < -0.39 is 0 Å². The zero-order valence-corrected chi connectivity index (χ0v) is 8.36. The van der Waals surface area contributed by atoms with Crippen molar-refractivity contribution in [2.75, 3.05) is 6.61 Å². The van der Waals surface area contributed by atoms with Crippen LogP contribution < -0.4 is 5.73 Å². The molecule has 0 aliphatic carbocycles. The van der Waals surface area contributed by atoms with Gasteiger partial charge in [0.1, 0.15) is 0 Å². The van der Waals surface area contributed by atoms with Crippen LogP contribution >= 0.6 is 0 Å². The minimum Gasteiger partial charge on any atom is -0.388 e. The van der Waals surface area contributed by atoms with Crippen molar-refractivity contribution in [3.8, 4) is 0 Å². The van der Waals surface area contributed by atoms with Crippen LogP contribution in [0.4, 0.5) is 0 Å². The summed E-state index contributed by atoms with van der Waals surface area (Å²) in [5.74, 6) is 0.172. The molecule has 1 aromatic carbocycles. The van der Waals surface area contributed by atoms with E-state index in [1.807, 2.05) is 37.3 Å². The fraction of sp³-hybridized carbons (Fsp3) is 0.364. The summed E-state index contributed by atoms with van der Waals surface area (Å²) in [5.41, 5.74) is 6.37. The van der Waals surface area contributed by atoms with Crippen LogP contribution in [0.1, 0.15) is 25.0 Å². The first-order valence-electron chi connectivity index (χ1n) is 4.69. The van der Waals surface area contributed by atoms with Crippen LogP contribution in [-0.4, -0.2) is 12.4 Å². The third-order valence-corrected chi connectivity index (χ3v) is 2.01. The molecule has 0 spiro atoms. The molecule has 76 valence electrons. The van der Waals surface area contributed by atoms with Crippen LogP contribution in [0.3, 0.4) is 0 Å². The minimum absolute atomic E-state index is 0.0653. The van der Waals surface area contributed by atoms with Crippen molar-refractivity contribution in [3.63, 3.8) is 0 Å². The van der Waals surface area contributed by atoms with Crippen molar-refractivity contribution < 1.29 is 4.74 Å². The van der Waals surface area contributed by atoms with E-state index in [1.165, 1.54) is 0 Å². The zero-order valence-electron chi connectivity index (χ0n) is 8.36. The molecule has 1 atom stereocenters. The molecule has 0 saturated heterocycles. The number of nitrogens with one attached hydrogen (secondary N) is 1. The highest BCUT2D eigenvalue weighted by Gasteiger charge is 2.04. The summed E-state index contributed by atoms with van der Waals surface area (Å²) in [7, 11) is 0. The number of ether oxygens (including phenoxy) is 1. The Balaban J connectivity index is 2.36. The molecule has 0 fully saturated rings. The molecule has 0 aromatic heterocycles. The molecule has 0 bridgehead atoms. The second-order valence-electron chi connectivity index (χ2n) is 3.20. The number of rotatable bonds is 5. The Morgan fingerprint density at radius 3 is 2.64 bits per heavy atom. The molecule has 3 nitrogen and oxygen atoms in total. The number of nitrogens with two attached hydrogens (primary N) is 1. The van der Waals surface area contributed by atoms with Gasteiger partial charge in [0.05, 0.1) is 18.5 Å². The summed E-state index contributed by atoms with van der Waals surface area (Å²) in [4.78, 5) is 0. The van der Waals surface area contributed by atoms with Gasteiger partial charge in [0.25, 0.3) is 0 Å². The maximum absolute atomic E-state index is 7.04. The van der Waals surface area contributed by atoms with Crippen LogP contribution in [0.5, 0.6) is 0 Å². The molecule has 0 heterocycles. The fourth-order valence-electron chi connectivity index (χ4n) is 1.17. The van der Waals surface area contributed by atoms with E-state index in [-0.39, 0.29) is 11.9 Å². The van der Waals surface area contributed by atoms with Crippen LogP contribution in [0.15, 0.2) is 30.3 Å². The molecule has 3 heteroatoms. The van der Waals surface area contributed by atoms with Gasteiger partial charge in [-0.1, -0.05) is 30.3 Å². The highest BCUT2D eigenvalue weighted by Crippen LogP contribution is 2.15. The number of amidine groups is 1. The molecule has 3 N–H and O–H groups in total. The van der Waals surface area contributed by atoms with Gasteiger partial charge in [-0.15, -0.1) is 0 Å². The Labute approximate surface area is 84.4 Å². The van der Waals surface area contributed by atoms with Gasteiger partial charge in [-0.3, -0.25) is 5.41 Å². The van der Waals surface area contributed by atoms with Crippen molar-refractivity contribution >= 4 is 5.84 Å². The average Bonchev–Trinajstić information content (AvgIpc) is 2.18. The summed E-state index contributed by atoms with van der Waals surface area (Å²) in [6, 6.07) is 10.0. The van der Waals surface area contributed by atoms with Crippen LogP contribution in [0, 0.1) is 5.41 Å². The second kappa shape index (κ2) is 5.40. The van der Waals surface area contributed by atoms with Crippen LogP contribution in [0.2, 0.25) is 0 Å². The van der Waals surface area contributed by atoms with Gasteiger partial charge in [-0.2, -0.15) is 0 Å². The first-order valence-corrected chi connectivity index (χ1v) is 4.69. The van der Waals surface area contributed by atoms with Crippen molar-refractivity contribution in [3.05, 3.63) is 35.9 Å². The Morgan fingerprint density at radius 1 is 1.43 bits per heavy atom. The molecule has 1 aromatic rings. The summed E-state index contributed by atoms with van der Waals surface area (Å²) >= 11 is 0. The maximum atomic E-state index is 7.04. The number of hydrogen-bond acceptors (Lipinski definition) is 2. The van der Waals surface area contributed by atoms with Gasteiger partial charge in [0.2, 0.25) is 0 Å². The van der Waals surface area contributed by atoms with Crippen LogP contribution in [-0.2, 0) is 4.74 Å². The molecular formula is C11H16N2O. The number of benzene rings is 1. The molecule has 0 saturated carbocycles. The van der Waals surface area contributed by atoms with E-state index in [4.69, 9.17) is 15.9 Å². The van der Waals surface area contributed by atoms with Gasteiger partial charge in [0.15, 0.2) is 0 Å². The van der Waals surface area contributed by atoms with Gasteiger partial charge < -0.3 is 10.5 Å². The average molecular weight is 192 g/mol. The van der Waals surface area contributed by atoms with Crippen molar-refractivity contribution in [2.45, 2.75) is 19.4 Å². The molecule has 1 unspecified atom stereocenters. The topological polar surface area (TPSA) is 59.1 Å². The molecular weight excluding hydrogens is 176 g/mol. The van der Waals surface area contributed by atoms with Crippen molar-refractivity contribution in [1.29, 1.82) is 5.41 Å². The quantitative estimate of drug-likeness (QED) is 0.554. The summed E-state index contributed by atoms with van der Waals surface area (Å²) in [5, 5.41) is 7.04. The van der Waals surface area contributed by atoms with Crippen molar-refractivity contribution in [1.82, 2.24) is 0 Å². The zero-order chi connectivity index (χ0) is 10.4. The van der Waals surface area contributed by atoms with Gasteiger partial charge in [-0.05, 0) is 12.5 Å². The fourth-order valence-corrected chi connectivity index (χ4v) is 1.17. The smallest absolute Gasteiger partial charge is 0.0928 e. The van der Waals surface area contributed by atoms with Gasteiger partial charge >= 0.3 is 0 Å². The third kappa shape index (κ3) is 3.58. The molecule has 0 radical (unpaired) electrons. The molecule has 0 amide bonds. The van der Waals surface area contributed by atoms with Gasteiger partial charge in [-0.25, -0.2) is 0 Å². The van der Waals surface area contributed by atoms with Crippen molar-refractivity contribution in [2.24, 2.45) is 5.73 Å². The van der Waals surface area contributed by atoms with E-state index in [0.717, 1.165) is 5.56 Å². The Bertz CT molecular complexity index is 285. The Kier molecular flexibility index (Phi) is 4.13. The predicted octanol–water partition coefficient (Wildman–Crippen LogP) is 2.09. The molecule has 1 rings (SSSR count). The Morgan fingerprint density at radius 2 is 2.07 bits per heavy atom. The van der Waals surface area contributed by atoms with E-state index in [1.54, 1.807) is 0 Å². The second-order valence-corrected chi connectivity index (χ2v) is 3.20. The largest absolute Gasteiger partial charge is 0.388 e. The summed E-state index contributed by atoms with van der Waals surface area (Å²) in [6.07, 6.45) is 0.563. The van der Waals surface area contributed by atoms with E-state index in [0.29, 0.717) is 13.0 Å². The summed E-state index contributed by atoms with van der Waals surface area (Å²) < 4.78 is 5.52. The summed E-state index contributed by atoms with van der Waals surface area (Å²) in [6.45, 7) is 2.50. The predicted molar refractivity (Wildman–Crippen MR) is 57.3 cm³/mol. The first kappa shape index (κ1) is 10.7. The molecule has 0 aliphatic rings. The normalized spacial score (nSPS) is 12.4. The molecule has 0 aliphatic heterocycles. The monoisotopic (exact) mass is 192 g/mol. The van der Waals surface area contributed by atoms with E-state index in [2.05, 4.69) is 0 Å². The molecule has 14 heavy (non-hydrogen) atoms. The standard InChI is InChI=1S/C11H16N2O/c1-9(14-8-7-11(12)13)10-5-3-2-4-6-10/h2-6,9H,7-8H2,1H3,(H3,12,13). The Hall–Kier alpha value is -1.35. The third-order valence-electron chi connectivity index (χ3n) is 2.01. The minimum atomic E-state index is 0.0653. The lowest BCUT2D eigenvalue weighted by Crippen LogP contribution is -2.13.